The quantitative estimate of drug-likeness (QED) is 0.764. The van der Waals surface area contributed by atoms with Crippen LogP contribution in [0.4, 0.5) is 0 Å². The molecule has 166 valence electrons. The fourth-order valence-corrected chi connectivity index (χ4v) is 5.26. The van der Waals surface area contributed by atoms with Crippen LogP contribution in [0.3, 0.4) is 0 Å². The molecule has 0 saturated heterocycles. The van der Waals surface area contributed by atoms with Crippen LogP contribution >= 0.6 is 0 Å². The van der Waals surface area contributed by atoms with Crippen LogP contribution in [0, 0.1) is 5.92 Å². The largest absolute Gasteiger partial charge is 0.493 e. The molecule has 0 radical (unpaired) electrons. The van der Waals surface area contributed by atoms with Crippen LogP contribution in [0.15, 0.2) is 24.3 Å². The Balaban J connectivity index is 1.50. The number of fused-ring (bicyclic) bond motifs is 4. The third kappa shape index (κ3) is 3.33. The number of hydrogen-bond donors (Lipinski definition) is 1. The van der Waals surface area contributed by atoms with Gasteiger partial charge in [-0.1, -0.05) is 12.5 Å². The van der Waals surface area contributed by atoms with Gasteiger partial charge in [-0.15, -0.1) is 0 Å². The van der Waals surface area contributed by atoms with Gasteiger partial charge < -0.3 is 24.7 Å². The maximum absolute atomic E-state index is 7.14. The lowest BCUT2D eigenvalue weighted by Gasteiger charge is -2.49. The Morgan fingerprint density at radius 3 is 2.48 bits per heavy atom. The predicted molar refractivity (Wildman–Crippen MR) is 119 cm³/mol. The SMILES string of the molecule is COc1cc2c(cc1OCC1CCC1)CCN1Cc3c(ccc(OC)c3OC)C[C@]21N. The average molecular weight is 425 g/mol. The molecule has 1 fully saturated rings. The van der Waals surface area contributed by atoms with Gasteiger partial charge in [-0.05, 0) is 60.1 Å². The van der Waals surface area contributed by atoms with Gasteiger partial charge in [0.2, 0.25) is 0 Å². The van der Waals surface area contributed by atoms with E-state index in [-0.39, 0.29) is 0 Å². The Kier molecular flexibility index (Phi) is 5.22. The molecular formula is C25H32N2O4. The summed E-state index contributed by atoms with van der Waals surface area (Å²) in [6.45, 7) is 2.38. The number of ether oxygens (including phenoxy) is 4. The van der Waals surface area contributed by atoms with Crippen LogP contribution in [0.1, 0.15) is 41.5 Å². The summed E-state index contributed by atoms with van der Waals surface area (Å²) in [7, 11) is 5.08. The van der Waals surface area contributed by atoms with Crippen molar-refractivity contribution < 1.29 is 18.9 Å². The topological polar surface area (TPSA) is 66.2 Å². The van der Waals surface area contributed by atoms with Gasteiger partial charge in [-0.3, -0.25) is 4.90 Å². The third-order valence-electron chi connectivity index (χ3n) is 7.32. The van der Waals surface area contributed by atoms with Gasteiger partial charge in [0.15, 0.2) is 23.0 Å². The molecule has 31 heavy (non-hydrogen) atoms. The minimum Gasteiger partial charge on any atom is -0.493 e. The van der Waals surface area contributed by atoms with Gasteiger partial charge in [-0.25, -0.2) is 0 Å². The Morgan fingerprint density at radius 2 is 1.81 bits per heavy atom. The minimum atomic E-state index is -0.583. The maximum Gasteiger partial charge on any atom is 0.165 e. The van der Waals surface area contributed by atoms with E-state index in [2.05, 4.69) is 23.1 Å². The van der Waals surface area contributed by atoms with Crippen molar-refractivity contribution in [3.05, 3.63) is 46.5 Å². The van der Waals surface area contributed by atoms with E-state index < -0.39 is 5.66 Å². The lowest BCUT2D eigenvalue weighted by molar-refractivity contribution is 0.0555. The third-order valence-corrected chi connectivity index (χ3v) is 7.32. The molecule has 1 atom stereocenters. The van der Waals surface area contributed by atoms with Gasteiger partial charge in [0.05, 0.1) is 33.6 Å². The van der Waals surface area contributed by atoms with E-state index in [1.165, 1.54) is 36.0 Å². The van der Waals surface area contributed by atoms with E-state index in [1.807, 2.05) is 6.07 Å². The molecule has 0 aromatic heterocycles. The van der Waals surface area contributed by atoms with Crippen LogP contribution in [0.2, 0.25) is 0 Å². The molecule has 6 heteroatoms. The summed E-state index contributed by atoms with van der Waals surface area (Å²) in [6, 6.07) is 8.34. The van der Waals surface area contributed by atoms with Crippen LogP contribution in [0.5, 0.6) is 23.0 Å². The van der Waals surface area contributed by atoms with Crippen molar-refractivity contribution in [1.82, 2.24) is 4.90 Å². The van der Waals surface area contributed by atoms with E-state index in [4.69, 9.17) is 24.7 Å². The number of nitrogens with two attached hydrogens (primary N) is 1. The number of nitrogens with zero attached hydrogens (tertiary/aromatic N) is 1. The Labute approximate surface area is 184 Å². The molecule has 0 bridgehead atoms. The van der Waals surface area contributed by atoms with Crippen molar-refractivity contribution in [2.45, 2.75) is 44.3 Å². The highest BCUT2D eigenvalue weighted by molar-refractivity contribution is 5.56. The smallest absolute Gasteiger partial charge is 0.165 e. The van der Waals surface area contributed by atoms with E-state index >= 15 is 0 Å². The summed E-state index contributed by atoms with van der Waals surface area (Å²) in [5.74, 6) is 3.86. The average Bonchev–Trinajstić information content (AvgIpc) is 2.75. The van der Waals surface area contributed by atoms with E-state index in [1.54, 1.807) is 21.3 Å². The molecule has 2 heterocycles. The summed E-state index contributed by atoms with van der Waals surface area (Å²) < 4.78 is 23.1. The standard InChI is InChI=1S/C25H32N2O4/c1-28-21-8-7-18-13-25(26)20-12-22(29-2)23(31-15-16-5-4-6-16)11-17(20)9-10-27(25)14-19(18)24(21)30-3/h7-8,11-12,16H,4-6,9-10,13-15,26H2,1-3H3/t25-/m1/s1. The molecule has 1 aliphatic carbocycles. The zero-order valence-corrected chi connectivity index (χ0v) is 18.7. The van der Waals surface area contributed by atoms with Crippen LogP contribution in [-0.2, 0) is 25.0 Å². The molecule has 0 unspecified atom stereocenters. The second-order valence-corrected chi connectivity index (χ2v) is 8.98. The van der Waals surface area contributed by atoms with Crippen molar-refractivity contribution >= 4 is 0 Å². The van der Waals surface area contributed by atoms with E-state index in [0.29, 0.717) is 12.3 Å². The minimum absolute atomic E-state index is 0.583. The number of benzene rings is 2. The maximum atomic E-state index is 7.14. The van der Waals surface area contributed by atoms with Crippen molar-refractivity contribution in [2.24, 2.45) is 11.7 Å². The first-order chi connectivity index (χ1) is 15.1. The normalized spacial score (nSPS) is 22.6. The van der Waals surface area contributed by atoms with Gasteiger partial charge in [0.25, 0.3) is 0 Å². The van der Waals surface area contributed by atoms with E-state index in [0.717, 1.165) is 54.7 Å². The number of methoxy groups -OCH3 is 3. The Bertz CT molecular complexity index is 988. The molecule has 2 aromatic rings. The molecule has 3 aliphatic rings. The van der Waals surface area contributed by atoms with Gasteiger partial charge in [0, 0.05) is 25.1 Å². The fraction of sp³-hybridized carbons (Fsp3) is 0.520. The summed E-state index contributed by atoms with van der Waals surface area (Å²) >= 11 is 0. The Hall–Kier alpha value is -2.44. The monoisotopic (exact) mass is 424 g/mol. The molecule has 0 spiro atoms. The first-order valence-corrected chi connectivity index (χ1v) is 11.2. The second kappa shape index (κ2) is 7.92. The van der Waals surface area contributed by atoms with Gasteiger partial charge >= 0.3 is 0 Å². The molecule has 6 nitrogen and oxygen atoms in total. The highest BCUT2D eigenvalue weighted by atomic mass is 16.5. The first kappa shape index (κ1) is 20.5. The molecule has 5 rings (SSSR count). The Morgan fingerprint density at radius 1 is 1.00 bits per heavy atom. The van der Waals surface area contributed by atoms with Gasteiger partial charge in [0.1, 0.15) is 0 Å². The van der Waals surface area contributed by atoms with Crippen LogP contribution in [-0.4, -0.2) is 39.4 Å². The van der Waals surface area contributed by atoms with Crippen molar-refractivity contribution in [3.8, 4) is 23.0 Å². The number of rotatable bonds is 6. The van der Waals surface area contributed by atoms with E-state index in [9.17, 15) is 0 Å². The van der Waals surface area contributed by atoms with Crippen molar-refractivity contribution in [3.63, 3.8) is 0 Å². The summed E-state index contributed by atoms with van der Waals surface area (Å²) in [6.07, 6.45) is 5.49. The molecule has 2 N–H and O–H groups in total. The molecular weight excluding hydrogens is 392 g/mol. The first-order valence-electron chi connectivity index (χ1n) is 11.2. The molecule has 0 amide bonds. The molecule has 1 saturated carbocycles. The zero-order valence-electron chi connectivity index (χ0n) is 18.7. The lowest BCUT2D eigenvalue weighted by atomic mass is 9.79. The second-order valence-electron chi connectivity index (χ2n) is 8.98. The highest BCUT2D eigenvalue weighted by Crippen LogP contribution is 2.47. The molecule has 2 aromatic carbocycles. The highest BCUT2D eigenvalue weighted by Gasteiger charge is 2.44. The molecule has 2 aliphatic heterocycles. The van der Waals surface area contributed by atoms with Gasteiger partial charge in [-0.2, -0.15) is 0 Å². The summed E-state index contributed by atoms with van der Waals surface area (Å²) in [4.78, 5) is 2.36. The van der Waals surface area contributed by atoms with Crippen LogP contribution < -0.4 is 24.7 Å². The fourth-order valence-electron chi connectivity index (χ4n) is 5.26. The predicted octanol–water partition coefficient (Wildman–Crippen LogP) is 3.62. The zero-order chi connectivity index (χ0) is 21.6. The summed E-state index contributed by atoms with van der Waals surface area (Å²) in [5.41, 5.74) is 11.3. The lowest BCUT2D eigenvalue weighted by Crippen LogP contribution is -2.59. The van der Waals surface area contributed by atoms with Crippen LogP contribution in [0.25, 0.3) is 0 Å². The number of hydrogen-bond acceptors (Lipinski definition) is 6. The summed E-state index contributed by atoms with van der Waals surface area (Å²) in [5, 5.41) is 0. The van der Waals surface area contributed by atoms with Crippen molar-refractivity contribution in [2.75, 3.05) is 34.5 Å². The van der Waals surface area contributed by atoms with Crippen molar-refractivity contribution in [1.29, 1.82) is 0 Å².